The number of aromatic amines is 1. The molecule has 16 heavy (non-hydrogen) atoms. The first-order valence-corrected chi connectivity index (χ1v) is 5.61. The number of anilines is 1. The number of aromatic nitrogens is 2. The largest absolute Gasteiger partial charge is 0.378 e. The Balaban J connectivity index is 2.02. The van der Waals surface area contributed by atoms with E-state index >= 15 is 0 Å². The third-order valence-corrected chi connectivity index (χ3v) is 3.13. The summed E-state index contributed by atoms with van der Waals surface area (Å²) in [6.07, 6.45) is 1.88. The quantitative estimate of drug-likeness (QED) is 0.790. The Labute approximate surface area is 94.2 Å². The predicted molar refractivity (Wildman–Crippen MR) is 63.9 cm³/mol. The second kappa shape index (κ2) is 3.79. The molecule has 0 atom stereocenters. The molecule has 1 aromatic heterocycles. The van der Waals surface area contributed by atoms with Gasteiger partial charge in [-0.05, 0) is 24.6 Å². The van der Waals surface area contributed by atoms with Gasteiger partial charge in [0, 0.05) is 24.2 Å². The Morgan fingerprint density at radius 1 is 1.31 bits per heavy atom. The van der Waals surface area contributed by atoms with Gasteiger partial charge in [-0.15, -0.1) is 0 Å². The fourth-order valence-corrected chi connectivity index (χ4v) is 2.21. The first-order chi connectivity index (χ1) is 7.84. The molecule has 4 nitrogen and oxygen atoms in total. The van der Waals surface area contributed by atoms with Crippen LogP contribution < -0.4 is 4.90 Å². The summed E-state index contributed by atoms with van der Waals surface area (Å²) in [6, 6.07) is 4.39. The van der Waals surface area contributed by atoms with Crippen LogP contribution in [0, 0.1) is 6.92 Å². The molecule has 1 N–H and O–H groups in total. The number of nitrogens with one attached hydrogen (secondary N) is 1. The highest BCUT2D eigenvalue weighted by Crippen LogP contribution is 2.24. The van der Waals surface area contributed by atoms with E-state index in [2.05, 4.69) is 34.2 Å². The highest BCUT2D eigenvalue weighted by Gasteiger charge is 2.12. The summed E-state index contributed by atoms with van der Waals surface area (Å²) in [4.78, 5) is 2.36. The molecule has 0 aliphatic carbocycles. The number of nitrogens with zero attached hydrogens (tertiary/aromatic N) is 2. The number of hydrogen-bond donors (Lipinski definition) is 1. The van der Waals surface area contributed by atoms with Crippen LogP contribution in [0.1, 0.15) is 5.56 Å². The first kappa shape index (κ1) is 9.66. The summed E-state index contributed by atoms with van der Waals surface area (Å²) in [5.41, 5.74) is 3.65. The van der Waals surface area contributed by atoms with Crippen LogP contribution in [0.3, 0.4) is 0 Å². The molecule has 0 saturated carbocycles. The molecule has 0 unspecified atom stereocenters. The van der Waals surface area contributed by atoms with Crippen LogP contribution in [0.15, 0.2) is 18.3 Å². The zero-order valence-corrected chi connectivity index (χ0v) is 9.36. The molecule has 1 aliphatic rings. The van der Waals surface area contributed by atoms with E-state index in [0.717, 1.165) is 31.8 Å². The van der Waals surface area contributed by atoms with Crippen LogP contribution in [0.4, 0.5) is 5.69 Å². The topological polar surface area (TPSA) is 41.1 Å². The van der Waals surface area contributed by atoms with E-state index in [9.17, 15) is 0 Å². The number of rotatable bonds is 1. The van der Waals surface area contributed by atoms with Crippen molar-refractivity contribution in [3.63, 3.8) is 0 Å². The molecular weight excluding hydrogens is 202 g/mol. The number of aryl methyl sites for hydroxylation is 1. The molecule has 0 radical (unpaired) electrons. The van der Waals surface area contributed by atoms with Gasteiger partial charge in [0.05, 0.1) is 24.9 Å². The van der Waals surface area contributed by atoms with Crippen molar-refractivity contribution < 1.29 is 4.74 Å². The van der Waals surface area contributed by atoms with Gasteiger partial charge in [0.25, 0.3) is 0 Å². The van der Waals surface area contributed by atoms with Gasteiger partial charge in [0.1, 0.15) is 0 Å². The number of hydrogen-bond acceptors (Lipinski definition) is 3. The summed E-state index contributed by atoms with van der Waals surface area (Å²) in [6.45, 7) is 5.71. The minimum Gasteiger partial charge on any atom is -0.378 e. The molecule has 1 saturated heterocycles. The summed E-state index contributed by atoms with van der Waals surface area (Å²) in [7, 11) is 0. The van der Waals surface area contributed by atoms with Gasteiger partial charge in [-0.2, -0.15) is 5.10 Å². The maximum Gasteiger partial charge on any atom is 0.0673 e. The highest BCUT2D eigenvalue weighted by molar-refractivity contribution is 5.85. The predicted octanol–water partition coefficient (Wildman–Crippen LogP) is 1.71. The van der Waals surface area contributed by atoms with Crippen LogP contribution in [-0.2, 0) is 4.74 Å². The normalized spacial score (nSPS) is 16.9. The Morgan fingerprint density at radius 3 is 2.94 bits per heavy atom. The summed E-state index contributed by atoms with van der Waals surface area (Å²) in [5, 5.41) is 8.32. The van der Waals surface area contributed by atoms with Gasteiger partial charge in [0.2, 0.25) is 0 Å². The molecule has 84 valence electrons. The van der Waals surface area contributed by atoms with Gasteiger partial charge in [-0.3, -0.25) is 5.10 Å². The average Bonchev–Trinajstić information content (AvgIpc) is 2.79. The standard InChI is InChI=1S/C12H15N3O/c1-9-6-10(15-2-4-16-5-3-15)7-12-11(9)8-13-14-12/h6-8H,2-5H2,1H3,(H,13,14). The maximum atomic E-state index is 5.36. The third kappa shape index (κ3) is 1.55. The number of fused-ring (bicyclic) bond motifs is 1. The Bertz CT molecular complexity index is 500. The minimum atomic E-state index is 0.820. The molecule has 0 amide bonds. The summed E-state index contributed by atoms with van der Waals surface area (Å²) in [5.74, 6) is 0. The molecule has 3 rings (SSSR count). The molecule has 1 fully saturated rings. The minimum absolute atomic E-state index is 0.820. The molecule has 1 aliphatic heterocycles. The van der Waals surface area contributed by atoms with Crippen molar-refractivity contribution in [2.45, 2.75) is 6.92 Å². The van der Waals surface area contributed by atoms with E-state index in [1.165, 1.54) is 16.6 Å². The lowest BCUT2D eigenvalue weighted by Crippen LogP contribution is -2.36. The third-order valence-electron chi connectivity index (χ3n) is 3.13. The van der Waals surface area contributed by atoms with Crippen LogP contribution in [0.5, 0.6) is 0 Å². The van der Waals surface area contributed by atoms with E-state index in [4.69, 9.17) is 4.74 Å². The second-order valence-electron chi connectivity index (χ2n) is 4.19. The smallest absolute Gasteiger partial charge is 0.0673 e. The van der Waals surface area contributed by atoms with Crippen molar-refractivity contribution in [2.24, 2.45) is 0 Å². The molecule has 2 heterocycles. The lowest BCUT2D eigenvalue weighted by molar-refractivity contribution is 0.122. The van der Waals surface area contributed by atoms with E-state index in [-0.39, 0.29) is 0 Å². The second-order valence-corrected chi connectivity index (χ2v) is 4.19. The van der Waals surface area contributed by atoms with Gasteiger partial charge in [-0.1, -0.05) is 0 Å². The Hall–Kier alpha value is -1.55. The molecule has 2 aromatic rings. The Kier molecular flexibility index (Phi) is 2.29. The molecular formula is C12H15N3O. The number of morpholine rings is 1. The average molecular weight is 217 g/mol. The van der Waals surface area contributed by atoms with Crippen LogP contribution >= 0.6 is 0 Å². The molecule has 1 aromatic carbocycles. The van der Waals surface area contributed by atoms with Crippen molar-refractivity contribution in [3.8, 4) is 0 Å². The summed E-state index contributed by atoms with van der Waals surface area (Å²) >= 11 is 0. The zero-order valence-electron chi connectivity index (χ0n) is 9.36. The van der Waals surface area contributed by atoms with Gasteiger partial charge in [0.15, 0.2) is 0 Å². The number of H-pyrrole nitrogens is 1. The van der Waals surface area contributed by atoms with Crippen LogP contribution in [-0.4, -0.2) is 36.5 Å². The van der Waals surface area contributed by atoms with E-state index in [1.54, 1.807) is 0 Å². The van der Waals surface area contributed by atoms with Crippen molar-refractivity contribution in [2.75, 3.05) is 31.2 Å². The SMILES string of the molecule is Cc1cc(N2CCOCC2)cc2[nH]ncc12. The molecule has 4 heteroatoms. The van der Waals surface area contributed by atoms with Crippen LogP contribution in [0.2, 0.25) is 0 Å². The summed E-state index contributed by atoms with van der Waals surface area (Å²) < 4.78 is 5.36. The lowest BCUT2D eigenvalue weighted by atomic mass is 10.1. The molecule has 0 spiro atoms. The van der Waals surface area contributed by atoms with Gasteiger partial charge < -0.3 is 9.64 Å². The zero-order chi connectivity index (χ0) is 11.0. The fourth-order valence-electron chi connectivity index (χ4n) is 2.21. The van der Waals surface area contributed by atoms with Crippen LogP contribution in [0.25, 0.3) is 10.9 Å². The lowest BCUT2D eigenvalue weighted by Gasteiger charge is -2.29. The molecule has 0 bridgehead atoms. The van der Waals surface area contributed by atoms with Crippen molar-refractivity contribution in [3.05, 3.63) is 23.9 Å². The van der Waals surface area contributed by atoms with E-state index < -0.39 is 0 Å². The van der Waals surface area contributed by atoms with Crippen molar-refractivity contribution in [1.82, 2.24) is 10.2 Å². The monoisotopic (exact) mass is 217 g/mol. The fraction of sp³-hybridized carbons (Fsp3) is 0.417. The number of ether oxygens (including phenoxy) is 1. The van der Waals surface area contributed by atoms with Gasteiger partial charge >= 0.3 is 0 Å². The maximum absolute atomic E-state index is 5.36. The van der Waals surface area contributed by atoms with Crippen molar-refractivity contribution in [1.29, 1.82) is 0 Å². The number of benzene rings is 1. The van der Waals surface area contributed by atoms with Gasteiger partial charge in [-0.25, -0.2) is 0 Å². The van der Waals surface area contributed by atoms with E-state index in [1.807, 2.05) is 6.20 Å². The van der Waals surface area contributed by atoms with E-state index in [0.29, 0.717) is 0 Å². The first-order valence-electron chi connectivity index (χ1n) is 5.61. The van der Waals surface area contributed by atoms with Crippen molar-refractivity contribution >= 4 is 16.6 Å². The Morgan fingerprint density at radius 2 is 2.12 bits per heavy atom. The highest BCUT2D eigenvalue weighted by atomic mass is 16.5.